The van der Waals surface area contributed by atoms with Gasteiger partial charge in [-0.15, -0.1) is 0 Å². The largest absolute Gasteiger partial charge is 0.489 e. The van der Waals surface area contributed by atoms with Crippen LogP contribution in [0.5, 0.6) is 5.75 Å². The third-order valence-electron chi connectivity index (χ3n) is 3.37. The highest BCUT2D eigenvalue weighted by molar-refractivity contribution is 5.89. The fraction of sp³-hybridized carbons (Fsp3) is 0.176. The molecule has 0 saturated carbocycles. The molecule has 0 aliphatic rings. The van der Waals surface area contributed by atoms with Gasteiger partial charge in [0, 0.05) is 5.56 Å². The van der Waals surface area contributed by atoms with Crippen molar-refractivity contribution < 1.29 is 24.5 Å². The van der Waals surface area contributed by atoms with Gasteiger partial charge in [-0.2, -0.15) is 0 Å². The fourth-order valence-corrected chi connectivity index (χ4v) is 2.03. The van der Waals surface area contributed by atoms with Crippen molar-refractivity contribution in [2.75, 3.05) is 0 Å². The molecular weight excluding hydrogens is 284 g/mol. The van der Waals surface area contributed by atoms with Crippen molar-refractivity contribution in [3.05, 3.63) is 65.2 Å². The minimum atomic E-state index is -1.01. The Balaban J connectivity index is 2.14. The molecule has 2 aromatic rings. The molecule has 0 aliphatic heterocycles. The highest BCUT2D eigenvalue weighted by Gasteiger charge is 2.14. The lowest BCUT2D eigenvalue weighted by Crippen LogP contribution is -2.08. The minimum Gasteiger partial charge on any atom is -0.489 e. The monoisotopic (exact) mass is 300 g/mol. The highest BCUT2D eigenvalue weighted by Crippen LogP contribution is 2.22. The summed E-state index contributed by atoms with van der Waals surface area (Å²) >= 11 is 0. The van der Waals surface area contributed by atoms with Crippen LogP contribution in [0.1, 0.15) is 34.3 Å². The molecule has 2 aromatic carbocycles. The van der Waals surface area contributed by atoms with Crippen LogP contribution in [0.25, 0.3) is 0 Å². The van der Waals surface area contributed by atoms with Gasteiger partial charge in [0.25, 0.3) is 0 Å². The van der Waals surface area contributed by atoms with Gasteiger partial charge >= 0.3 is 11.9 Å². The molecule has 0 unspecified atom stereocenters. The van der Waals surface area contributed by atoms with E-state index in [-0.39, 0.29) is 12.2 Å². The summed E-state index contributed by atoms with van der Waals surface area (Å²) in [5, 5.41) is 18.1. The van der Waals surface area contributed by atoms with Gasteiger partial charge in [-0.1, -0.05) is 30.3 Å². The Kier molecular flexibility index (Phi) is 4.78. The number of carbonyl (C=O) groups is 2. The predicted molar refractivity (Wildman–Crippen MR) is 80.2 cm³/mol. The van der Waals surface area contributed by atoms with Gasteiger partial charge in [0.2, 0.25) is 0 Å². The maximum atomic E-state index is 11.1. The Hall–Kier alpha value is -2.82. The lowest BCUT2D eigenvalue weighted by atomic mass is 10.0. The van der Waals surface area contributed by atoms with E-state index >= 15 is 0 Å². The summed E-state index contributed by atoms with van der Waals surface area (Å²) in [4.78, 5) is 22.1. The Labute approximate surface area is 127 Å². The summed E-state index contributed by atoms with van der Waals surface area (Å²) in [6, 6.07) is 13.4. The molecule has 0 aliphatic carbocycles. The van der Waals surface area contributed by atoms with Gasteiger partial charge in [0.15, 0.2) is 0 Å². The second-order valence-corrected chi connectivity index (χ2v) is 4.88. The Morgan fingerprint density at radius 2 is 1.82 bits per heavy atom. The van der Waals surface area contributed by atoms with Crippen LogP contribution in [0.15, 0.2) is 48.5 Å². The van der Waals surface area contributed by atoms with Crippen molar-refractivity contribution in [1.82, 2.24) is 0 Å². The first kappa shape index (κ1) is 15.6. The van der Waals surface area contributed by atoms with Crippen molar-refractivity contribution in [3.8, 4) is 5.75 Å². The maximum Gasteiger partial charge on any atom is 0.336 e. The summed E-state index contributed by atoms with van der Waals surface area (Å²) in [5.41, 5.74) is 1.39. The molecule has 2 N–H and O–H groups in total. The van der Waals surface area contributed by atoms with Crippen LogP contribution >= 0.6 is 0 Å². The fourth-order valence-electron chi connectivity index (χ4n) is 2.03. The molecule has 0 aromatic heterocycles. The molecule has 114 valence electrons. The zero-order valence-corrected chi connectivity index (χ0v) is 12.0. The van der Waals surface area contributed by atoms with Gasteiger partial charge in [0.05, 0.1) is 11.5 Å². The molecule has 0 heterocycles. The van der Waals surface area contributed by atoms with Crippen molar-refractivity contribution in [2.45, 2.75) is 19.4 Å². The Morgan fingerprint density at radius 1 is 1.09 bits per heavy atom. The van der Waals surface area contributed by atoms with E-state index in [1.165, 1.54) is 6.07 Å². The first-order chi connectivity index (χ1) is 10.5. The smallest absolute Gasteiger partial charge is 0.336 e. The zero-order chi connectivity index (χ0) is 16.1. The average Bonchev–Trinajstić information content (AvgIpc) is 2.52. The van der Waals surface area contributed by atoms with Gasteiger partial charge in [0.1, 0.15) is 12.4 Å². The van der Waals surface area contributed by atoms with Gasteiger partial charge in [-0.25, -0.2) is 4.79 Å². The standard InChI is InChI=1S/C17H16O5/c1-11(16(18)19)12-6-4-7-14(9-12)22-10-13-5-2-3-8-15(13)17(20)21/h2-9,11H,10H2,1H3,(H,18,19)(H,20,21)/t11-/m1/s1. The van der Waals surface area contributed by atoms with Crippen LogP contribution in [0.4, 0.5) is 0 Å². The summed E-state index contributed by atoms with van der Waals surface area (Å²) in [6.07, 6.45) is 0. The lowest BCUT2D eigenvalue weighted by molar-refractivity contribution is -0.138. The molecule has 2 rings (SSSR count). The molecule has 0 saturated heterocycles. The number of aromatic carboxylic acids is 1. The van der Waals surface area contributed by atoms with E-state index in [9.17, 15) is 9.59 Å². The lowest BCUT2D eigenvalue weighted by Gasteiger charge is -2.11. The third-order valence-corrected chi connectivity index (χ3v) is 3.37. The predicted octanol–water partition coefficient (Wildman–Crippen LogP) is 3.15. The Morgan fingerprint density at radius 3 is 2.50 bits per heavy atom. The van der Waals surface area contributed by atoms with Crippen LogP contribution in [-0.4, -0.2) is 22.2 Å². The van der Waals surface area contributed by atoms with Crippen molar-refractivity contribution in [3.63, 3.8) is 0 Å². The number of aliphatic carboxylic acids is 1. The van der Waals surface area contributed by atoms with Crippen molar-refractivity contribution in [2.24, 2.45) is 0 Å². The molecule has 0 fully saturated rings. The summed E-state index contributed by atoms with van der Waals surface area (Å²) < 4.78 is 5.60. The van der Waals surface area contributed by atoms with Crippen LogP contribution < -0.4 is 4.74 Å². The van der Waals surface area contributed by atoms with E-state index in [1.54, 1.807) is 49.4 Å². The van der Waals surface area contributed by atoms with Gasteiger partial charge < -0.3 is 14.9 Å². The highest BCUT2D eigenvalue weighted by atomic mass is 16.5. The third kappa shape index (κ3) is 3.63. The van der Waals surface area contributed by atoms with E-state index in [2.05, 4.69) is 0 Å². The topological polar surface area (TPSA) is 83.8 Å². The van der Waals surface area contributed by atoms with Crippen LogP contribution in [0.3, 0.4) is 0 Å². The molecule has 0 radical (unpaired) electrons. The normalized spacial score (nSPS) is 11.7. The number of hydrogen-bond donors (Lipinski definition) is 2. The van der Waals surface area contributed by atoms with E-state index in [0.29, 0.717) is 16.9 Å². The van der Waals surface area contributed by atoms with Gasteiger partial charge in [-0.05, 0) is 30.7 Å². The van der Waals surface area contributed by atoms with Crippen molar-refractivity contribution in [1.29, 1.82) is 0 Å². The summed E-state index contributed by atoms with van der Waals surface area (Å²) in [7, 11) is 0. The first-order valence-corrected chi connectivity index (χ1v) is 6.76. The number of carboxylic acids is 2. The van der Waals surface area contributed by atoms with E-state index in [0.717, 1.165) is 0 Å². The number of rotatable bonds is 6. The molecule has 22 heavy (non-hydrogen) atoms. The summed E-state index contributed by atoms with van der Waals surface area (Å²) in [6.45, 7) is 1.70. The maximum absolute atomic E-state index is 11.1. The Bertz CT molecular complexity index is 693. The van der Waals surface area contributed by atoms with E-state index in [1.807, 2.05) is 0 Å². The quantitative estimate of drug-likeness (QED) is 0.856. The molecule has 5 heteroatoms. The molecule has 1 atom stereocenters. The second kappa shape index (κ2) is 6.76. The van der Waals surface area contributed by atoms with E-state index < -0.39 is 17.9 Å². The van der Waals surface area contributed by atoms with E-state index in [4.69, 9.17) is 14.9 Å². The number of benzene rings is 2. The number of ether oxygens (including phenoxy) is 1. The second-order valence-electron chi connectivity index (χ2n) is 4.88. The number of carboxylic acid groups (broad SMARTS) is 2. The van der Waals surface area contributed by atoms with Gasteiger partial charge in [-0.3, -0.25) is 4.79 Å². The minimum absolute atomic E-state index is 0.105. The van der Waals surface area contributed by atoms with Crippen molar-refractivity contribution >= 4 is 11.9 Å². The van der Waals surface area contributed by atoms with Crippen LogP contribution in [0.2, 0.25) is 0 Å². The summed E-state index contributed by atoms with van der Waals surface area (Å²) in [5.74, 6) is -2.04. The molecule has 0 amide bonds. The number of hydrogen-bond acceptors (Lipinski definition) is 3. The SMILES string of the molecule is C[C@@H](C(=O)O)c1cccc(OCc2ccccc2C(=O)O)c1. The molecule has 5 nitrogen and oxygen atoms in total. The van der Waals surface area contributed by atoms with Crippen LogP contribution in [-0.2, 0) is 11.4 Å². The molecule has 0 bridgehead atoms. The molecule has 0 spiro atoms. The zero-order valence-electron chi connectivity index (χ0n) is 12.0. The first-order valence-electron chi connectivity index (χ1n) is 6.76. The molecular formula is C17H16O5. The van der Waals surface area contributed by atoms with Crippen LogP contribution in [0, 0.1) is 0 Å². The average molecular weight is 300 g/mol.